The number of anilines is 1. The lowest BCUT2D eigenvalue weighted by atomic mass is 9.67. The first-order valence-electron chi connectivity index (χ1n) is 10.2. The highest BCUT2D eigenvalue weighted by Gasteiger charge is 2.51. The molecule has 2 heterocycles. The Kier molecular flexibility index (Phi) is 5.35. The molecule has 4 rings (SSSR count). The Morgan fingerprint density at radius 2 is 1.86 bits per heavy atom. The summed E-state index contributed by atoms with van der Waals surface area (Å²) in [5, 5.41) is 2.94. The van der Waals surface area contributed by atoms with Crippen LogP contribution in [0.25, 0.3) is 0 Å². The lowest BCUT2D eigenvalue weighted by Gasteiger charge is -2.37. The van der Waals surface area contributed by atoms with Gasteiger partial charge in [0.05, 0.1) is 5.92 Å². The molecule has 1 saturated carbocycles. The van der Waals surface area contributed by atoms with Crippen LogP contribution >= 0.6 is 0 Å². The molecule has 29 heavy (non-hydrogen) atoms. The number of carbonyl (C=O) groups is 2. The van der Waals surface area contributed by atoms with Crippen LogP contribution in [0.4, 0.5) is 10.1 Å². The molecule has 2 aromatic rings. The molecule has 1 aliphatic heterocycles. The number of aryl methyl sites for hydroxylation is 1. The van der Waals surface area contributed by atoms with Gasteiger partial charge in [0.15, 0.2) is 0 Å². The second-order valence-corrected chi connectivity index (χ2v) is 8.35. The van der Waals surface area contributed by atoms with Crippen LogP contribution in [0.5, 0.6) is 0 Å². The van der Waals surface area contributed by atoms with Crippen LogP contribution in [0, 0.1) is 24.1 Å². The van der Waals surface area contributed by atoms with E-state index in [1.807, 2.05) is 11.8 Å². The summed E-state index contributed by atoms with van der Waals surface area (Å²) in [5.41, 5.74) is 1.71. The summed E-state index contributed by atoms with van der Waals surface area (Å²) in [4.78, 5) is 32.1. The van der Waals surface area contributed by atoms with Gasteiger partial charge in [-0.2, -0.15) is 0 Å². The zero-order valence-corrected chi connectivity index (χ0v) is 16.7. The van der Waals surface area contributed by atoms with Gasteiger partial charge in [-0.25, -0.2) is 4.39 Å². The maximum atomic E-state index is 13.7. The van der Waals surface area contributed by atoms with Crippen molar-refractivity contribution < 1.29 is 14.0 Å². The second-order valence-electron chi connectivity index (χ2n) is 8.35. The van der Waals surface area contributed by atoms with Crippen molar-refractivity contribution in [1.82, 2.24) is 9.88 Å². The summed E-state index contributed by atoms with van der Waals surface area (Å²) in [6.07, 6.45) is 8.39. The fourth-order valence-electron chi connectivity index (χ4n) is 4.87. The summed E-state index contributed by atoms with van der Waals surface area (Å²) in [7, 11) is 0. The molecule has 1 atom stereocenters. The first-order valence-corrected chi connectivity index (χ1v) is 10.2. The fourth-order valence-corrected chi connectivity index (χ4v) is 4.87. The van der Waals surface area contributed by atoms with Crippen LogP contribution in [0.1, 0.15) is 48.0 Å². The minimum Gasteiger partial charge on any atom is -0.337 e. The van der Waals surface area contributed by atoms with Crippen molar-refractivity contribution in [2.45, 2.75) is 39.0 Å². The minimum atomic E-state index is -0.376. The molecule has 1 aromatic heterocycles. The average Bonchev–Trinajstić information content (AvgIpc) is 3.10. The number of hydrogen-bond acceptors (Lipinski definition) is 3. The summed E-state index contributed by atoms with van der Waals surface area (Å²) >= 11 is 0. The normalized spacial score (nSPS) is 20.6. The van der Waals surface area contributed by atoms with Crippen molar-refractivity contribution in [3.05, 3.63) is 59.7 Å². The summed E-state index contributed by atoms with van der Waals surface area (Å²) < 4.78 is 13.7. The number of likely N-dealkylation sites (tertiary alicyclic amines) is 1. The van der Waals surface area contributed by atoms with E-state index in [-0.39, 0.29) is 29.0 Å². The third-order valence-corrected chi connectivity index (χ3v) is 6.49. The quantitative estimate of drug-likeness (QED) is 0.848. The monoisotopic (exact) mass is 395 g/mol. The molecule has 2 aliphatic rings. The smallest absolute Gasteiger partial charge is 0.254 e. The molecule has 152 valence electrons. The third kappa shape index (κ3) is 3.88. The van der Waals surface area contributed by atoms with E-state index in [9.17, 15) is 14.0 Å². The Morgan fingerprint density at radius 3 is 2.59 bits per heavy atom. The fraction of sp³-hybridized carbons (Fsp3) is 0.435. The van der Waals surface area contributed by atoms with Crippen molar-refractivity contribution in [1.29, 1.82) is 0 Å². The number of carbonyl (C=O) groups excluding carboxylic acids is 2. The van der Waals surface area contributed by atoms with E-state index >= 15 is 0 Å². The second kappa shape index (κ2) is 7.93. The van der Waals surface area contributed by atoms with Crippen LogP contribution < -0.4 is 5.32 Å². The number of benzene rings is 1. The molecule has 1 unspecified atom stereocenters. The first-order chi connectivity index (χ1) is 14.0. The zero-order chi connectivity index (χ0) is 20.4. The lowest BCUT2D eigenvalue weighted by Crippen LogP contribution is -2.39. The Hall–Kier alpha value is -2.76. The van der Waals surface area contributed by atoms with Gasteiger partial charge in [0, 0.05) is 42.1 Å². The topological polar surface area (TPSA) is 62.3 Å². The maximum absolute atomic E-state index is 13.7. The molecular formula is C23H26FN3O2. The Balaban J connectivity index is 1.58. The highest BCUT2D eigenvalue weighted by Crippen LogP contribution is 2.48. The molecule has 0 bridgehead atoms. The standard InChI is InChI=1S/C23H26FN3O2/c1-16-5-6-18(24)13-20(16)26-21(28)19-14-27(15-23(19)9-3-2-4-10-23)22(29)17-7-11-25-12-8-17/h5-8,11-13,19H,2-4,9-10,14-15H2,1H3,(H,26,28). The van der Waals surface area contributed by atoms with Gasteiger partial charge < -0.3 is 10.2 Å². The van der Waals surface area contributed by atoms with Gasteiger partial charge >= 0.3 is 0 Å². The van der Waals surface area contributed by atoms with Crippen LogP contribution in [-0.4, -0.2) is 34.8 Å². The molecule has 1 spiro atoms. The average molecular weight is 395 g/mol. The number of rotatable bonds is 3. The Labute approximate surface area is 170 Å². The number of nitrogens with one attached hydrogen (secondary N) is 1. The van der Waals surface area contributed by atoms with Crippen molar-refractivity contribution in [2.24, 2.45) is 11.3 Å². The zero-order valence-electron chi connectivity index (χ0n) is 16.7. The first kappa shape index (κ1) is 19.6. The predicted octanol–water partition coefficient (Wildman–Crippen LogP) is 4.19. The van der Waals surface area contributed by atoms with Crippen molar-refractivity contribution in [3.8, 4) is 0 Å². The van der Waals surface area contributed by atoms with Gasteiger partial charge in [0.25, 0.3) is 5.91 Å². The number of pyridine rings is 1. The highest BCUT2D eigenvalue weighted by molar-refractivity contribution is 5.97. The predicted molar refractivity (Wildman–Crippen MR) is 109 cm³/mol. The molecule has 2 fully saturated rings. The van der Waals surface area contributed by atoms with Crippen molar-refractivity contribution in [3.63, 3.8) is 0 Å². The van der Waals surface area contributed by atoms with E-state index in [2.05, 4.69) is 10.3 Å². The maximum Gasteiger partial charge on any atom is 0.254 e. The number of hydrogen-bond donors (Lipinski definition) is 1. The SMILES string of the molecule is Cc1ccc(F)cc1NC(=O)C1CN(C(=O)c2ccncc2)CC12CCCCC2. The van der Waals surface area contributed by atoms with E-state index in [0.29, 0.717) is 24.3 Å². The van der Waals surface area contributed by atoms with Gasteiger partial charge in [0.2, 0.25) is 5.91 Å². The number of aromatic nitrogens is 1. The van der Waals surface area contributed by atoms with Gasteiger partial charge in [-0.3, -0.25) is 14.6 Å². The lowest BCUT2D eigenvalue weighted by molar-refractivity contribution is -0.123. The van der Waals surface area contributed by atoms with Crippen molar-refractivity contribution >= 4 is 17.5 Å². The van der Waals surface area contributed by atoms with Gasteiger partial charge in [-0.1, -0.05) is 25.3 Å². The van der Waals surface area contributed by atoms with Gasteiger partial charge in [0.1, 0.15) is 5.82 Å². The van der Waals surface area contributed by atoms with Crippen molar-refractivity contribution in [2.75, 3.05) is 18.4 Å². The Morgan fingerprint density at radius 1 is 1.14 bits per heavy atom. The Bertz CT molecular complexity index is 910. The van der Waals surface area contributed by atoms with Crippen LogP contribution in [0.2, 0.25) is 0 Å². The summed E-state index contributed by atoms with van der Waals surface area (Å²) in [5.74, 6) is -0.851. The number of amides is 2. The number of halogens is 1. The molecule has 6 heteroatoms. The molecule has 2 amide bonds. The van der Waals surface area contributed by atoms with E-state index in [1.165, 1.54) is 12.1 Å². The number of nitrogens with zero attached hydrogens (tertiary/aromatic N) is 2. The van der Waals surface area contributed by atoms with E-state index in [4.69, 9.17) is 0 Å². The molecular weight excluding hydrogens is 369 g/mol. The van der Waals surface area contributed by atoms with Crippen LogP contribution in [0.15, 0.2) is 42.7 Å². The van der Waals surface area contributed by atoms with Crippen LogP contribution in [0.3, 0.4) is 0 Å². The van der Waals surface area contributed by atoms with Crippen LogP contribution in [-0.2, 0) is 4.79 Å². The summed E-state index contributed by atoms with van der Waals surface area (Å²) in [6, 6.07) is 7.82. The summed E-state index contributed by atoms with van der Waals surface area (Å²) in [6.45, 7) is 2.83. The molecule has 1 saturated heterocycles. The highest BCUT2D eigenvalue weighted by atomic mass is 19.1. The largest absolute Gasteiger partial charge is 0.337 e. The molecule has 0 radical (unpaired) electrons. The molecule has 1 aliphatic carbocycles. The minimum absolute atomic E-state index is 0.0606. The van der Waals surface area contributed by atoms with Gasteiger partial charge in [-0.15, -0.1) is 0 Å². The van der Waals surface area contributed by atoms with E-state index in [0.717, 1.165) is 37.7 Å². The molecule has 5 nitrogen and oxygen atoms in total. The van der Waals surface area contributed by atoms with E-state index in [1.54, 1.807) is 30.6 Å². The third-order valence-electron chi connectivity index (χ3n) is 6.49. The van der Waals surface area contributed by atoms with E-state index < -0.39 is 0 Å². The van der Waals surface area contributed by atoms with Gasteiger partial charge in [-0.05, 0) is 49.6 Å². The molecule has 1 aromatic carbocycles. The molecule has 1 N–H and O–H groups in total.